The molecule has 3 unspecified atom stereocenters. The van der Waals surface area contributed by atoms with E-state index in [9.17, 15) is 20.3 Å². The summed E-state index contributed by atoms with van der Waals surface area (Å²) in [6, 6.07) is 11.1. The molecule has 3 rings (SSSR count). The average molecular weight is 275 g/mol. The first kappa shape index (κ1) is 13.2. The summed E-state index contributed by atoms with van der Waals surface area (Å²) in [5.74, 6) is -0.742. The van der Waals surface area contributed by atoms with Crippen LogP contribution in [0.1, 0.15) is 5.56 Å². The van der Waals surface area contributed by atoms with Crippen LogP contribution in [0.25, 0.3) is 0 Å². The van der Waals surface area contributed by atoms with Crippen LogP contribution >= 0.6 is 0 Å². The van der Waals surface area contributed by atoms with E-state index in [4.69, 9.17) is 9.47 Å². The lowest BCUT2D eigenvalue weighted by molar-refractivity contribution is -0.239. The van der Waals surface area contributed by atoms with Crippen LogP contribution < -0.4 is 0 Å². The number of Topliss-reactive ketones (excluding diaryl/α,β-unsaturated/α-hetero) is 1. The van der Waals surface area contributed by atoms with Crippen LogP contribution in [-0.4, -0.2) is 40.6 Å². The third-order valence-electron chi connectivity index (χ3n) is 3.88. The zero-order chi connectivity index (χ0) is 14.3. The van der Waals surface area contributed by atoms with Gasteiger partial charge in [-0.25, -0.2) is 0 Å². The molecule has 1 heterocycles. The number of carbonyl (C=O) groups is 1. The Hall–Kier alpha value is -1.78. The lowest BCUT2D eigenvalue weighted by atomic mass is 9.61. The molecule has 6 nitrogen and oxygen atoms in total. The Labute approximate surface area is 115 Å². The van der Waals surface area contributed by atoms with Gasteiger partial charge in [0.15, 0.2) is 5.41 Å². The van der Waals surface area contributed by atoms with Crippen molar-refractivity contribution in [1.29, 1.82) is 5.26 Å². The second-order valence-corrected chi connectivity index (χ2v) is 4.96. The van der Waals surface area contributed by atoms with Crippen molar-refractivity contribution >= 4 is 5.78 Å². The van der Waals surface area contributed by atoms with E-state index in [1.54, 1.807) is 0 Å². The van der Waals surface area contributed by atoms with Crippen molar-refractivity contribution in [3.8, 4) is 6.07 Å². The van der Waals surface area contributed by atoms with Crippen LogP contribution in [0.2, 0.25) is 0 Å². The minimum Gasteiger partial charge on any atom is -0.388 e. The number of aliphatic hydroxyl groups is 2. The number of ether oxygens (including phenoxy) is 2. The molecule has 5 atom stereocenters. The third kappa shape index (κ3) is 1.62. The maximum atomic E-state index is 11.9. The van der Waals surface area contributed by atoms with Crippen LogP contribution in [-0.2, 0) is 20.9 Å². The number of carbonyl (C=O) groups excluding carboxylic acids is 1. The Morgan fingerprint density at radius 3 is 2.70 bits per heavy atom. The lowest BCUT2D eigenvalue weighted by Crippen LogP contribution is -2.69. The Bertz CT molecular complexity index is 569. The number of benzene rings is 1. The molecule has 0 radical (unpaired) electrons. The molecule has 0 spiro atoms. The van der Waals surface area contributed by atoms with Crippen LogP contribution in [0.3, 0.4) is 0 Å². The van der Waals surface area contributed by atoms with Gasteiger partial charge in [0.1, 0.15) is 18.3 Å². The first-order chi connectivity index (χ1) is 9.61. The summed E-state index contributed by atoms with van der Waals surface area (Å²) in [6.07, 6.45) is -4.77. The average Bonchev–Trinajstić information content (AvgIpc) is 2.70. The fraction of sp³-hybridized carbons (Fsp3) is 0.429. The number of hydrogen-bond acceptors (Lipinski definition) is 6. The topological polar surface area (TPSA) is 99.8 Å². The Morgan fingerprint density at radius 2 is 2.05 bits per heavy atom. The molecule has 2 fully saturated rings. The van der Waals surface area contributed by atoms with E-state index < -0.39 is 35.8 Å². The van der Waals surface area contributed by atoms with E-state index in [-0.39, 0.29) is 6.61 Å². The van der Waals surface area contributed by atoms with Gasteiger partial charge in [-0.3, -0.25) is 4.79 Å². The summed E-state index contributed by atoms with van der Waals surface area (Å²) in [5, 5.41) is 28.6. The number of nitrogens with zero attached hydrogens (tertiary/aromatic N) is 1. The summed E-state index contributed by atoms with van der Waals surface area (Å²) in [6.45, 7) is 0.169. The smallest absolute Gasteiger partial charge is 0.217 e. The zero-order valence-electron chi connectivity index (χ0n) is 10.5. The maximum Gasteiger partial charge on any atom is 0.217 e. The Kier molecular flexibility index (Phi) is 3.07. The molecule has 0 bridgehead atoms. The van der Waals surface area contributed by atoms with Gasteiger partial charge in [0.05, 0.1) is 12.7 Å². The molecule has 20 heavy (non-hydrogen) atoms. The standard InChI is InChI=1S/C14H13NO5/c15-7-14-10(17)13(18)20-12(14)9(16)11(14)19-6-8-4-2-1-3-5-8/h1-5,9,11-13,16,18H,6H2/t9-,11?,12?,13+,14?/m0/s1. The molecule has 1 aliphatic heterocycles. The molecule has 2 aliphatic rings. The van der Waals surface area contributed by atoms with Gasteiger partial charge in [-0.2, -0.15) is 5.26 Å². The summed E-state index contributed by atoms with van der Waals surface area (Å²) in [5.41, 5.74) is -0.740. The Balaban J connectivity index is 1.77. The van der Waals surface area contributed by atoms with Crippen molar-refractivity contribution in [2.45, 2.75) is 31.2 Å². The van der Waals surface area contributed by atoms with Crippen molar-refractivity contribution in [3.63, 3.8) is 0 Å². The van der Waals surface area contributed by atoms with E-state index in [2.05, 4.69) is 0 Å². The van der Waals surface area contributed by atoms with Gasteiger partial charge >= 0.3 is 0 Å². The molecule has 0 aromatic heterocycles. The van der Waals surface area contributed by atoms with Crippen molar-refractivity contribution in [2.24, 2.45) is 5.41 Å². The van der Waals surface area contributed by atoms with Gasteiger partial charge in [-0.15, -0.1) is 0 Å². The Morgan fingerprint density at radius 1 is 1.35 bits per heavy atom. The summed E-state index contributed by atoms with van der Waals surface area (Å²) in [4.78, 5) is 11.9. The summed E-state index contributed by atoms with van der Waals surface area (Å²) >= 11 is 0. The molecule has 104 valence electrons. The molecule has 0 amide bonds. The fourth-order valence-electron chi connectivity index (χ4n) is 2.79. The van der Waals surface area contributed by atoms with Gasteiger partial charge in [0.25, 0.3) is 0 Å². The predicted octanol–water partition coefficient (Wildman–Crippen LogP) is -0.257. The predicted molar refractivity (Wildman–Crippen MR) is 65.0 cm³/mol. The van der Waals surface area contributed by atoms with Gasteiger partial charge < -0.3 is 19.7 Å². The highest BCUT2D eigenvalue weighted by molar-refractivity contribution is 5.95. The maximum absolute atomic E-state index is 11.9. The zero-order valence-corrected chi connectivity index (χ0v) is 10.5. The summed E-state index contributed by atoms with van der Waals surface area (Å²) in [7, 11) is 0. The number of fused-ring (bicyclic) bond motifs is 1. The van der Waals surface area contributed by atoms with Crippen LogP contribution in [0.15, 0.2) is 30.3 Å². The highest BCUT2D eigenvalue weighted by Gasteiger charge is 2.74. The van der Waals surface area contributed by atoms with Crippen molar-refractivity contribution in [2.75, 3.05) is 0 Å². The van der Waals surface area contributed by atoms with Gasteiger partial charge in [0, 0.05) is 0 Å². The minimum atomic E-state index is -1.67. The first-order valence-corrected chi connectivity index (χ1v) is 6.24. The van der Waals surface area contributed by atoms with E-state index in [1.165, 1.54) is 0 Å². The molecule has 1 saturated heterocycles. The molecule has 1 aliphatic carbocycles. The first-order valence-electron chi connectivity index (χ1n) is 6.24. The van der Waals surface area contributed by atoms with Crippen LogP contribution in [0, 0.1) is 16.7 Å². The second-order valence-electron chi connectivity index (χ2n) is 4.96. The molecule has 1 aromatic carbocycles. The van der Waals surface area contributed by atoms with Gasteiger partial charge in [0.2, 0.25) is 12.1 Å². The fourth-order valence-corrected chi connectivity index (χ4v) is 2.79. The van der Waals surface area contributed by atoms with Gasteiger partial charge in [-0.1, -0.05) is 30.3 Å². The number of aliphatic hydroxyl groups excluding tert-OH is 2. The highest BCUT2D eigenvalue weighted by atomic mass is 16.6. The minimum absolute atomic E-state index is 0.169. The molecule has 1 aromatic rings. The van der Waals surface area contributed by atoms with Crippen molar-refractivity contribution in [3.05, 3.63) is 35.9 Å². The molecule has 2 N–H and O–H groups in total. The van der Waals surface area contributed by atoms with E-state index in [1.807, 2.05) is 36.4 Å². The number of rotatable bonds is 3. The normalized spacial score (nSPS) is 39.0. The monoisotopic (exact) mass is 275 g/mol. The molecule has 1 saturated carbocycles. The van der Waals surface area contributed by atoms with E-state index >= 15 is 0 Å². The van der Waals surface area contributed by atoms with Crippen molar-refractivity contribution in [1.82, 2.24) is 0 Å². The SMILES string of the molecule is N#CC12C(=O)[C@H](O)OC1[C@@H](O)C2OCc1ccccc1. The van der Waals surface area contributed by atoms with Gasteiger partial charge in [-0.05, 0) is 5.56 Å². The van der Waals surface area contributed by atoms with Crippen LogP contribution in [0.4, 0.5) is 0 Å². The third-order valence-corrected chi connectivity index (χ3v) is 3.88. The van der Waals surface area contributed by atoms with E-state index in [0.29, 0.717) is 0 Å². The quantitative estimate of drug-likeness (QED) is 0.788. The largest absolute Gasteiger partial charge is 0.388 e. The van der Waals surface area contributed by atoms with Crippen molar-refractivity contribution < 1.29 is 24.5 Å². The number of ketones is 1. The molecular formula is C14H13NO5. The summed E-state index contributed by atoms with van der Waals surface area (Å²) < 4.78 is 10.4. The number of hydrogen-bond donors (Lipinski definition) is 2. The van der Waals surface area contributed by atoms with E-state index in [0.717, 1.165) is 5.56 Å². The molecular weight excluding hydrogens is 262 g/mol. The van der Waals surface area contributed by atoms with Crippen LogP contribution in [0.5, 0.6) is 0 Å². The lowest BCUT2D eigenvalue weighted by Gasteiger charge is -2.47. The highest BCUT2D eigenvalue weighted by Crippen LogP contribution is 2.51. The second kappa shape index (κ2) is 4.65. The molecule has 6 heteroatoms. The number of nitriles is 1.